The van der Waals surface area contributed by atoms with Crippen LogP contribution in [0.2, 0.25) is 0 Å². The van der Waals surface area contributed by atoms with Gasteiger partial charge in [-0.15, -0.1) is 0 Å². The van der Waals surface area contributed by atoms with Gasteiger partial charge in [0.05, 0.1) is 13.7 Å². The van der Waals surface area contributed by atoms with E-state index in [0.717, 1.165) is 0 Å². The minimum absolute atomic E-state index is 0.0557. The number of rotatable bonds is 6. The zero-order valence-corrected chi connectivity index (χ0v) is 9.59. The number of nitrogens with one attached hydrogen (secondary N) is 1. The lowest BCUT2D eigenvalue weighted by atomic mass is 10.2. The highest BCUT2D eigenvalue weighted by atomic mass is 19.3. The molecule has 1 aromatic carbocycles. The van der Waals surface area contributed by atoms with Crippen LogP contribution in [0.1, 0.15) is 5.56 Å². The van der Waals surface area contributed by atoms with E-state index in [0.29, 0.717) is 5.56 Å². The van der Waals surface area contributed by atoms with Crippen molar-refractivity contribution in [2.45, 2.75) is 18.9 Å². The molecule has 0 radical (unpaired) electrons. The van der Waals surface area contributed by atoms with Gasteiger partial charge in [0.25, 0.3) is 0 Å². The molecular weight excluding hydrogens is 254 g/mol. The van der Waals surface area contributed by atoms with Crippen LogP contribution in [0.15, 0.2) is 18.2 Å². The number of phenols is 1. The maximum atomic E-state index is 12.6. The molecule has 2 N–H and O–H groups in total. The Balaban J connectivity index is 2.52. The molecule has 102 valence electrons. The van der Waals surface area contributed by atoms with E-state index in [2.05, 4.69) is 5.32 Å². The molecule has 0 heterocycles. The lowest BCUT2D eigenvalue weighted by Gasteiger charge is -2.16. The molecule has 1 aromatic rings. The number of methoxy groups -OCH3 is 1. The monoisotopic (exact) mass is 267 g/mol. The van der Waals surface area contributed by atoms with Crippen molar-refractivity contribution in [3.63, 3.8) is 0 Å². The molecule has 0 unspecified atom stereocenters. The second-order valence-corrected chi connectivity index (χ2v) is 3.67. The van der Waals surface area contributed by atoms with Gasteiger partial charge in [-0.05, 0) is 17.7 Å². The Morgan fingerprint density at radius 2 is 2.06 bits per heavy atom. The first kappa shape index (κ1) is 14.6. The van der Waals surface area contributed by atoms with Crippen LogP contribution in [-0.4, -0.2) is 31.1 Å². The molecule has 3 nitrogen and oxygen atoms in total. The van der Waals surface area contributed by atoms with Crippen LogP contribution < -0.4 is 10.1 Å². The minimum atomic E-state index is -4.06. The Bertz CT molecular complexity index is 399. The lowest BCUT2D eigenvalue weighted by Crippen LogP contribution is -2.38. The molecule has 0 aliphatic rings. The van der Waals surface area contributed by atoms with E-state index in [1.807, 2.05) is 0 Å². The second-order valence-electron chi connectivity index (χ2n) is 3.67. The number of ether oxygens (including phenoxy) is 1. The molecule has 0 fully saturated rings. The summed E-state index contributed by atoms with van der Waals surface area (Å²) in [5, 5.41) is 11.6. The first-order valence-corrected chi connectivity index (χ1v) is 5.09. The summed E-state index contributed by atoms with van der Waals surface area (Å²) in [6, 6.07) is 4.30. The van der Waals surface area contributed by atoms with E-state index in [-0.39, 0.29) is 18.0 Å². The van der Waals surface area contributed by atoms with E-state index in [4.69, 9.17) is 4.74 Å². The number of halogens is 4. The average Bonchev–Trinajstić information content (AvgIpc) is 2.29. The van der Waals surface area contributed by atoms with Crippen molar-refractivity contribution in [3.05, 3.63) is 23.8 Å². The Morgan fingerprint density at radius 1 is 1.39 bits per heavy atom. The molecule has 0 amide bonds. The van der Waals surface area contributed by atoms with Gasteiger partial charge in [-0.25, -0.2) is 8.78 Å². The zero-order chi connectivity index (χ0) is 13.8. The van der Waals surface area contributed by atoms with Crippen LogP contribution in [0.4, 0.5) is 17.6 Å². The third-order valence-corrected chi connectivity index (χ3v) is 2.25. The average molecular weight is 267 g/mol. The van der Waals surface area contributed by atoms with Crippen LogP contribution in [0, 0.1) is 0 Å². The molecular formula is C11H13F4NO2. The number of hydrogen-bond acceptors (Lipinski definition) is 3. The Labute approximate surface area is 101 Å². The first-order valence-electron chi connectivity index (χ1n) is 5.09. The number of hydrogen-bond donors (Lipinski definition) is 2. The molecule has 7 heteroatoms. The van der Waals surface area contributed by atoms with Crippen molar-refractivity contribution in [3.8, 4) is 11.5 Å². The predicted molar refractivity (Wildman–Crippen MR) is 57.3 cm³/mol. The summed E-state index contributed by atoms with van der Waals surface area (Å²) in [7, 11) is 1.37. The lowest BCUT2D eigenvalue weighted by molar-refractivity contribution is -0.125. The summed E-state index contributed by atoms with van der Waals surface area (Å²) in [6.45, 7) is -1.18. The fraction of sp³-hybridized carbons (Fsp3) is 0.455. The van der Waals surface area contributed by atoms with Gasteiger partial charge in [0, 0.05) is 6.54 Å². The van der Waals surface area contributed by atoms with E-state index < -0.39 is 18.9 Å². The van der Waals surface area contributed by atoms with E-state index in [1.165, 1.54) is 25.3 Å². The van der Waals surface area contributed by atoms with Crippen molar-refractivity contribution in [1.29, 1.82) is 0 Å². The predicted octanol–water partition coefficient (Wildman–Crippen LogP) is 2.39. The minimum Gasteiger partial charge on any atom is -0.504 e. The molecule has 0 spiro atoms. The summed E-state index contributed by atoms with van der Waals surface area (Å²) >= 11 is 0. The third kappa shape index (κ3) is 3.76. The van der Waals surface area contributed by atoms with Crippen molar-refractivity contribution in [1.82, 2.24) is 5.32 Å². The summed E-state index contributed by atoms with van der Waals surface area (Å²) in [5.74, 6) is -3.96. The fourth-order valence-corrected chi connectivity index (χ4v) is 1.30. The van der Waals surface area contributed by atoms with Gasteiger partial charge in [-0.3, -0.25) is 0 Å². The molecule has 0 bridgehead atoms. The maximum absolute atomic E-state index is 12.6. The van der Waals surface area contributed by atoms with Crippen LogP contribution in [0.5, 0.6) is 11.5 Å². The number of aromatic hydroxyl groups is 1. The van der Waals surface area contributed by atoms with Gasteiger partial charge in [0.15, 0.2) is 11.5 Å². The zero-order valence-electron chi connectivity index (χ0n) is 9.59. The summed E-state index contributed by atoms with van der Waals surface area (Å²) in [6.07, 6.45) is -3.70. The number of alkyl halides is 4. The Kier molecular flexibility index (Phi) is 4.77. The summed E-state index contributed by atoms with van der Waals surface area (Å²) in [4.78, 5) is 0. The van der Waals surface area contributed by atoms with Gasteiger partial charge in [-0.2, -0.15) is 8.78 Å². The fourth-order valence-electron chi connectivity index (χ4n) is 1.30. The Hall–Kier alpha value is -1.50. The normalized spacial score (nSPS) is 11.9. The quantitative estimate of drug-likeness (QED) is 0.778. The first-order chi connectivity index (χ1) is 8.36. The highest BCUT2D eigenvalue weighted by Crippen LogP contribution is 2.26. The molecule has 0 aliphatic heterocycles. The molecule has 0 aliphatic carbocycles. The van der Waals surface area contributed by atoms with Gasteiger partial charge >= 0.3 is 12.3 Å². The molecule has 18 heavy (non-hydrogen) atoms. The van der Waals surface area contributed by atoms with Crippen LogP contribution in [0.3, 0.4) is 0 Å². The Morgan fingerprint density at radius 3 is 2.56 bits per heavy atom. The van der Waals surface area contributed by atoms with Gasteiger partial charge < -0.3 is 15.2 Å². The molecule has 0 saturated heterocycles. The van der Waals surface area contributed by atoms with E-state index in [9.17, 15) is 22.7 Å². The highest BCUT2D eigenvalue weighted by Gasteiger charge is 2.39. The number of phenolic OH excluding ortho intramolecular Hbond substituents is 1. The van der Waals surface area contributed by atoms with Crippen molar-refractivity contribution in [2.24, 2.45) is 0 Å². The van der Waals surface area contributed by atoms with Crippen LogP contribution >= 0.6 is 0 Å². The van der Waals surface area contributed by atoms with Crippen molar-refractivity contribution < 1.29 is 27.4 Å². The second kappa shape index (κ2) is 5.90. The van der Waals surface area contributed by atoms with E-state index in [1.54, 1.807) is 0 Å². The van der Waals surface area contributed by atoms with Crippen LogP contribution in [0.25, 0.3) is 0 Å². The summed E-state index contributed by atoms with van der Waals surface area (Å²) in [5.41, 5.74) is 0.485. The maximum Gasteiger partial charge on any atom is 0.319 e. The number of benzene rings is 1. The highest BCUT2D eigenvalue weighted by molar-refractivity contribution is 5.41. The van der Waals surface area contributed by atoms with Gasteiger partial charge in [0.2, 0.25) is 0 Å². The largest absolute Gasteiger partial charge is 0.504 e. The van der Waals surface area contributed by atoms with Crippen LogP contribution in [-0.2, 0) is 6.54 Å². The summed E-state index contributed by atoms with van der Waals surface area (Å²) < 4.78 is 53.6. The molecule has 1 rings (SSSR count). The topological polar surface area (TPSA) is 41.5 Å². The third-order valence-electron chi connectivity index (χ3n) is 2.25. The molecule has 0 aromatic heterocycles. The van der Waals surface area contributed by atoms with E-state index >= 15 is 0 Å². The molecule has 0 saturated carbocycles. The van der Waals surface area contributed by atoms with Gasteiger partial charge in [0.1, 0.15) is 0 Å². The molecule has 0 atom stereocenters. The van der Waals surface area contributed by atoms with Crippen molar-refractivity contribution >= 4 is 0 Å². The smallest absolute Gasteiger partial charge is 0.319 e. The van der Waals surface area contributed by atoms with Crippen molar-refractivity contribution in [2.75, 3.05) is 13.7 Å². The SMILES string of the molecule is COc1ccc(CNCC(F)(F)C(F)F)cc1O. The standard InChI is InChI=1S/C11H13F4NO2/c1-18-9-3-2-7(4-8(9)17)5-16-6-11(14,15)10(12)13/h2-4,10,16-17H,5-6H2,1H3. The van der Waals surface area contributed by atoms with Gasteiger partial charge in [-0.1, -0.05) is 6.07 Å².